The first-order chi connectivity index (χ1) is 6.19. The summed E-state index contributed by atoms with van der Waals surface area (Å²) in [6.07, 6.45) is 2.14. The summed E-state index contributed by atoms with van der Waals surface area (Å²) >= 11 is 0. The van der Waals surface area contributed by atoms with E-state index in [1.807, 2.05) is 4.90 Å². The number of nitrogens with one attached hydrogen (secondary N) is 1. The Bertz CT molecular complexity index is 182. The second-order valence-corrected chi connectivity index (χ2v) is 3.75. The lowest BCUT2D eigenvalue weighted by atomic mass is 10.1. The Morgan fingerprint density at radius 1 is 1.46 bits per heavy atom. The van der Waals surface area contributed by atoms with Crippen molar-refractivity contribution in [2.24, 2.45) is 0 Å². The summed E-state index contributed by atoms with van der Waals surface area (Å²) in [5.74, 6) is 0.215. The van der Waals surface area contributed by atoms with Crippen molar-refractivity contribution in [2.45, 2.75) is 45.7 Å². The van der Waals surface area contributed by atoms with Gasteiger partial charge in [0, 0.05) is 32.1 Å². The molecule has 1 aliphatic heterocycles. The van der Waals surface area contributed by atoms with Crippen LogP contribution in [0.5, 0.6) is 0 Å². The molecule has 0 radical (unpaired) electrons. The number of carbonyl (C=O) groups is 1. The van der Waals surface area contributed by atoms with Gasteiger partial charge < -0.3 is 10.2 Å². The molecular formula is C10H20N2O. The highest BCUT2D eigenvalue weighted by Crippen LogP contribution is 2.11. The van der Waals surface area contributed by atoms with E-state index in [0.29, 0.717) is 12.1 Å². The summed E-state index contributed by atoms with van der Waals surface area (Å²) in [6, 6.07) is 0.895. The van der Waals surface area contributed by atoms with Gasteiger partial charge >= 0.3 is 0 Å². The Morgan fingerprint density at radius 3 is 2.62 bits per heavy atom. The molecule has 0 unspecified atom stereocenters. The van der Waals surface area contributed by atoms with E-state index in [4.69, 9.17) is 0 Å². The van der Waals surface area contributed by atoms with Gasteiger partial charge in [0.1, 0.15) is 0 Å². The molecule has 0 bridgehead atoms. The minimum Gasteiger partial charge on any atom is -0.337 e. The summed E-state index contributed by atoms with van der Waals surface area (Å²) in [7, 11) is 0. The van der Waals surface area contributed by atoms with Gasteiger partial charge in [0.05, 0.1) is 0 Å². The lowest BCUT2D eigenvalue weighted by Gasteiger charge is -2.39. The van der Waals surface area contributed by atoms with Crippen molar-refractivity contribution in [1.82, 2.24) is 10.2 Å². The Labute approximate surface area is 80.5 Å². The monoisotopic (exact) mass is 184 g/mol. The molecule has 0 aliphatic carbocycles. The number of hydrogen-bond acceptors (Lipinski definition) is 2. The standard InChI is InChI=1S/C10H20N2O/c1-4-9-7-12(8(3)13)10(5-2)6-11-9/h9-11H,4-7H2,1-3H3/t9-,10-/m0/s1. The fourth-order valence-corrected chi connectivity index (χ4v) is 1.89. The van der Waals surface area contributed by atoms with Crippen LogP contribution in [0.2, 0.25) is 0 Å². The van der Waals surface area contributed by atoms with Gasteiger partial charge in [-0.25, -0.2) is 0 Å². The van der Waals surface area contributed by atoms with E-state index < -0.39 is 0 Å². The normalized spacial score (nSPS) is 29.0. The zero-order chi connectivity index (χ0) is 9.84. The molecule has 1 rings (SSSR count). The maximum atomic E-state index is 11.3. The van der Waals surface area contributed by atoms with Crippen molar-refractivity contribution >= 4 is 5.91 Å². The van der Waals surface area contributed by atoms with E-state index in [0.717, 1.165) is 25.9 Å². The Kier molecular flexibility index (Phi) is 3.72. The second-order valence-electron chi connectivity index (χ2n) is 3.75. The molecule has 1 heterocycles. The fourth-order valence-electron chi connectivity index (χ4n) is 1.89. The predicted octanol–water partition coefficient (Wildman–Crippen LogP) is 0.995. The molecule has 0 spiro atoms. The van der Waals surface area contributed by atoms with Crippen molar-refractivity contribution in [2.75, 3.05) is 13.1 Å². The van der Waals surface area contributed by atoms with Gasteiger partial charge in [-0.1, -0.05) is 13.8 Å². The summed E-state index contributed by atoms with van der Waals surface area (Å²) < 4.78 is 0. The number of amides is 1. The molecule has 76 valence electrons. The highest BCUT2D eigenvalue weighted by Gasteiger charge is 2.26. The van der Waals surface area contributed by atoms with Crippen LogP contribution in [-0.2, 0) is 4.79 Å². The molecular weight excluding hydrogens is 164 g/mol. The molecule has 0 aromatic rings. The lowest BCUT2D eigenvalue weighted by molar-refractivity contribution is -0.132. The number of nitrogens with zero attached hydrogens (tertiary/aromatic N) is 1. The second kappa shape index (κ2) is 4.61. The molecule has 1 fully saturated rings. The van der Waals surface area contributed by atoms with Gasteiger partial charge in [-0.15, -0.1) is 0 Å². The first kappa shape index (κ1) is 10.5. The molecule has 1 aliphatic rings. The van der Waals surface area contributed by atoms with Gasteiger partial charge in [0.15, 0.2) is 0 Å². The maximum absolute atomic E-state index is 11.3. The summed E-state index contributed by atoms with van der Waals surface area (Å²) in [5, 5.41) is 3.46. The van der Waals surface area contributed by atoms with E-state index in [2.05, 4.69) is 19.2 Å². The van der Waals surface area contributed by atoms with Crippen LogP contribution in [0.25, 0.3) is 0 Å². The third-order valence-corrected chi connectivity index (χ3v) is 2.87. The first-order valence-corrected chi connectivity index (χ1v) is 5.19. The van der Waals surface area contributed by atoms with E-state index in [1.54, 1.807) is 6.92 Å². The summed E-state index contributed by atoms with van der Waals surface area (Å²) in [4.78, 5) is 13.3. The number of piperazine rings is 1. The first-order valence-electron chi connectivity index (χ1n) is 5.19. The maximum Gasteiger partial charge on any atom is 0.219 e. The average molecular weight is 184 g/mol. The van der Waals surface area contributed by atoms with Crippen LogP contribution in [0.1, 0.15) is 33.6 Å². The van der Waals surface area contributed by atoms with E-state index in [-0.39, 0.29) is 5.91 Å². The SMILES string of the molecule is CC[C@H]1CN(C(C)=O)[C@@H](CC)CN1. The molecule has 0 saturated carbocycles. The van der Waals surface area contributed by atoms with Gasteiger partial charge in [-0.05, 0) is 12.8 Å². The Morgan fingerprint density at radius 2 is 2.15 bits per heavy atom. The van der Waals surface area contributed by atoms with E-state index in [9.17, 15) is 4.79 Å². The topological polar surface area (TPSA) is 32.3 Å². The van der Waals surface area contributed by atoms with Crippen LogP contribution in [0.3, 0.4) is 0 Å². The van der Waals surface area contributed by atoms with Gasteiger partial charge in [-0.2, -0.15) is 0 Å². The zero-order valence-electron chi connectivity index (χ0n) is 8.84. The molecule has 13 heavy (non-hydrogen) atoms. The average Bonchev–Trinajstić information content (AvgIpc) is 2.16. The van der Waals surface area contributed by atoms with E-state index >= 15 is 0 Å². The molecule has 0 aromatic heterocycles. The Hall–Kier alpha value is -0.570. The third kappa shape index (κ3) is 2.44. The molecule has 3 nitrogen and oxygen atoms in total. The highest BCUT2D eigenvalue weighted by atomic mass is 16.2. The van der Waals surface area contributed by atoms with Crippen LogP contribution in [0.4, 0.5) is 0 Å². The minimum atomic E-state index is 0.215. The predicted molar refractivity (Wildman–Crippen MR) is 53.5 cm³/mol. The van der Waals surface area contributed by atoms with Crippen molar-refractivity contribution < 1.29 is 4.79 Å². The van der Waals surface area contributed by atoms with Crippen molar-refractivity contribution in [3.63, 3.8) is 0 Å². The summed E-state index contributed by atoms with van der Waals surface area (Å²) in [6.45, 7) is 7.79. The zero-order valence-corrected chi connectivity index (χ0v) is 8.84. The third-order valence-electron chi connectivity index (χ3n) is 2.87. The number of hydrogen-bond donors (Lipinski definition) is 1. The smallest absolute Gasteiger partial charge is 0.219 e. The molecule has 0 aromatic carbocycles. The van der Waals surface area contributed by atoms with Crippen LogP contribution < -0.4 is 5.32 Å². The molecule has 1 N–H and O–H groups in total. The van der Waals surface area contributed by atoms with Crippen LogP contribution in [-0.4, -0.2) is 36.0 Å². The largest absolute Gasteiger partial charge is 0.337 e. The lowest BCUT2D eigenvalue weighted by Crippen LogP contribution is -2.57. The highest BCUT2D eigenvalue weighted by molar-refractivity contribution is 5.73. The van der Waals surface area contributed by atoms with Gasteiger partial charge in [0.25, 0.3) is 0 Å². The van der Waals surface area contributed by atoms with Crippen LogP contribution in [0.15, 0.2) is 0 Å². The summed E-state index contributed by atoms with van der Waals surface area (Å²) in [5.41, 5.74) is 0. The molecule has 3 heteroatoms. The Balaban J connectivity index is 2.57. The molecule has 2 atom stereocenters. The minimum absolute atomic E-state index is 0.215. The van der Waals surface area contributed by atoms with Crippen molar-refractivity contribution in [3.05, 3.63) is 0 Å². The van der Waals surface area contributed by atoms with Crippen LogP contribution >= 0.6 is 0 Å². The van der Waals surface area contributed by atoms with Gasteiger partial charge in [-0.3, -0.25) is 4.79 Å². The quantitative estimate of drug-likeness (QED) is 0.694. The van der Waals surface area contributed by atoms with Crippen LogP contribution in [0, 0.1) is 0 Å². The molecule has 1 amide bonds. The molecule has 1 saturated heterocycles. The number of rotatable bonds is 2. The van der Waals surface area contributed by atoms with Crippen molar-refractivity contribution in [1.29, 1.82) is 0 Å². The van der Waals surface area contributed by atoms with E-state index in [1.165, 1.54) is 0 Å². The number of carbonyl (C=O) groups excluding carboxylic acids is 1. The van der Waals surface area contributed by atoms with Gasteiger partial charge in [0.2, 0.25) is 5.91 Å². The fraction of sp³-hybridized carbons (Fsp3) is 0.900. The van der Waals surface area contributed by atoms with Crippen molar-refractivity contribution in [3.8, 4) is 0 Å².